The summed E-state index contributed by atoms with van der Waals surface area (Å²) in [5.74, 6) is 1.38. The number of carbonyl (C=O) groups is 1. The number of amides is 2. The molecule has 1 atom stereocenters. The summed E-state index contributed by atoms with van der Waals surface area (Å²) in [5.41, 5.74) is 1.88. The molecule has 2 heterocycles. The van der Waals surface area contributed by atoms with Crippen LogP contribution in [0.4, 0.5) is 10.5 Å². The average molecular weight is 339 g/mol. The van der Waals surface area contributed by atoms with Crippen molar-refractivity contribution in [1.82, 2.24) is 20.2 Å². The predicted octanol–water partition coefficient (Wildman–Crippen LogP) is 2.68. The summed E-state index contributed by atoms with van der Waals surface area (Å²) in [7, 11) is 0. The number of nitrogens with one attached hydrogen (secondary N) is 2. The van der Waals surface area contributed by atoms with Gasteiger partial charge in [0.05, 0.1) is 5.69 Å². The van der Waals surface area contributed by atoms with Crippen LogP contribution in [0.2, 0.25) is 0 Å². The first-order valence-electron chi connectivity index (χ1n) is 8.86. The summed E-state index contributed by atoms with van der Waals surface area (Å²) >= 11 is 0. The highest BCUT2D eigenvalue weighted by Crippen LogP contribution is 2.17. The summed E-state index contributed by atoms with van der Waals surface area (Å²) in [5, 5.41) is 5.82. The third kappa shape index (κ3) is 5.26. The van der Waals surface area contributed by atoms with Gasteiger partial charge in [0.25, 0.3) is 0 Å². The fourth-order valence-electron chi connectivity index (χ4n) is 3.09. The Hall–Kier alpha value is -2.47. The van der Waals surface area contributed by atoms with E-state index in [4.69, 9.17) is 0 Å². The maximum atomic E-state index is 12.0. The summed E-state index contributed by atoms with van der Waals surface area (Å²) < 4.78 is 0. The second-order valence-electron chi connectivity index (χ2n) is 6.41. The van der Waals surface area contributed by atoms with E-state index in [1.165, 1.54) is 0 Å². The van der Waals surface area contributed by atoms with E-state index < -0.39 is 0 Å². The number of para-hydroxylation sites is 1. The third-order valence-corrected chi connectivity index (χ3v) is 4.42. The molecule has 1 saturated heterocycles. The molecule has 1 aliphatic heterocycles. The Bertz CT molecular complexity index is 691. The average Bonchev–Trinajstić information content (AvgIpc) is 3.08. The predicted molar refractivity (Wildman–Crippen MR) is 98.3 cm³/mol. The summed E-state index contributed by atoms with van der Waals surface area (Å²) in [6.45, 7) is 5.63. The van der Waals surface area contributed by atoms with E-state index in [1.807, 2.05) is 42.6 Å². The number of likely N-dealkylation sites (tertiary alicyclic amines) is 1. The SMILES string of the molecule is CCc1nccc(CN2CC[C@@H](CNC(=O)Nc3ccccc3)C2)n1. The van der Waals surface area contributed by atoms with Gasteiger partial charge in [0.2, 0.25) is 0 Å². The molecule has 25 heavy (non-hydrogen) atoms. The summed E-state index contributed by atoms with van der Waals surface area (Å²) in [4.78, 5) is 23.2. The zero-order valence-electron chi connectivity index (χ0n) is 14.6. The number of aryl methyl sites for hydroxylation is 1. The zero-order valence-corrected chi connectivity index (χ0v) is 14.6. The standard InChI is InChI=1S/C19H25N5O/c1-2-18-20-10-8-17(22-18)14-24-11-9-15(13-24)12-21-19(25)23-16-6-4-3-5-7-16/h3-8,10,15H,2,9,11-14H2,1H3,(H2,21,23,25)/t15-/m0/s1. The number of hydrogen-bond donors (Lipinski definition) is 2. The van der Waals surface area contributed by atoms with Crippen LogP contribution in [0.1, 0.15) is 24.9 Å². The summed E-state index contributed by atoms with van der Waals surface area (Å²) in [6, 6.07) is 11.3. The van der Waals surface area contributed by atoms with Gasteiger partial charge in [-0.15, -0.1) is 0 Å². The lowest BCUT2D eigenvalue weighted by Crippen LogP contribution is -2.34. The first-order valence-corrected chi connectivity index (χ1v) is 8.86. The molecule has 132 valence electrons. The lowest BCUT2D eigenvalue weighted by molar-refractivity contribution is 0.249. The van der Waals surface area contributed by atoms with E-state index in [2.05, 4.69) is 32.4 Å². The van der Waals surface area contributed by atoms with E-state index in [1.54, 1.807) is 0 Å². The maximum absolute atomic E-state index is 12.0. The quantitative estimate of drug-likeness (QED) is 0.849. The number of carbonyl (C=O) groups excluding carboxylic acids is 1. The van der Waals surface area contributed by atoms with Crippen molar-refractivity contribution < 1.29 is 4.79 Å². The monoisotopic (exact) mass is 339 g/mol. The van der Waals surface area contributed by atoms with Crippen LogP contribution in [0.25, 0.3) is 0 Å². The molecule has 0 bridgehead atoms. The zero-order chi connectivity index (χ0) is 17.5. The fourth-order valence-corrected chi connectivity index (χ4v) is 3.09. The molecule has 1 aromatic carbocycles. The first-order chi connectivity index (χ1) is 12.2. The van der Waals surface area contributed by atoms with Crippen molar-refractivity contribution in [3.63, 3.8) is 0 Å². The second-order valence-corrected chi connectivity index (χ2v) is 6.41. The number of rotatable bonds is 6. The molecule has 6 nitrogen and oxygen atoms in total. The Morgan fingerprint density at radius 2 is 2.12 bits per heavy atom. The molecule has 0 saturated carbocycles. The lowest BCUT2D eigenvalue weighted by Gasteiger charge is -2.16. The smallest absolute Gasteiger partial charge is 0.319 e. The Morgan fingerprint density at radius 1 is 1.28 bits per heavy atom. The molecule has 1 aromatic heterocycles. The van der Waals surface area contributed by atoms with Gasteiger partial charge in [-0.1, -0.05) is 25.1 Å². The van der Waals surface area contributed by atoms with Gasteiger partial charge < -0.3 is 10.6 Å². The molecule has 0 unspecified atom stereocenters. The largest absolute Gasteiger partial charge is 0.338 e. The van der Waals surface area contributed by atoms with Gasteiger partial charge in [0.1, 0.15) is 5.82 Å². The molecule has 2 amide bonds. The van der Waals surface area contributed by atoms with Crippen LogP contribution in [0.5, 0.6) is 0 Å². The number of nitrogens with zero attached hydrogens (tertiary/aromatic N) is 3. The van der Waals surface area contributed by atoms with E-state index in [0.717, 1.165) is 49.7 Å². The molecular formula is C19H25N5O. The van der Waals surface area contributed by atoms with Crippen LogP contribution in [0.3, 0.4) is 0 Å². The van der Waals surface area contributed by atoms with Gasteiger partial charge in [-0.05, 0) is 37.1 Å². The number of urea groups is 1. The minimum absolute atomic E-state index is 0.145. The van der Waals surface area contributed by atoms with Crippen LogP contribution in [-0.4, -0.2) is 40.5 Å². The van der Waals surface area contributed by atoms with Gasteiger partial charge >= 0.3 is 6.03 Å². The molecule has 2 N–H and O–H groups in total. The van der Waals surface area contributed by atoms with E-state index in [9.17, 15) is 4.79 Å². The molecule has 2 aromatic rings. The van der Waals surface area contributed by atoms with Crippen LogP contribution in [-0.2, 0) is 13.0 Å². The minimum Gasteiger partial charge on any atom is -0.338 e. The minimum atomic E-state index is -0.145. The molecule has 0 spiro atoms. The first kappa shape index (κ1) is 17.4. The molecular weight excluding hydrogens is 314 g/mol. The molecule has 6 heteroatoms. The Kier molecular flexibility index (Phi) is 5.95. The lowest BCUT2D eigenvalue weighted by atomic mass is 10.1. The summed E-state index contributed by atoms with van der Waals surface area (Å²) in [6.07, 6.45) is 3.79. The van der Waals surface area contributed by atoms with E-state index in [0.29, 0.717) is 12.5 Å². The van der Waals surface area contributed by atoms with Crippen molar-refractivity contribution in [2.75, 3.05) is 25.0 Å². The van der Waals surface area contributed by atoms with Crippen molar-refractivity contribution >= 4 is 11.7 Å². The number of benzene rings is 1. The highest BCUT2D eigenvalue weighted by Gasteiger charge is 2.23. The third-order valence-electron chi connectivity index (χ3n) is 4.42. The molecule has 3 rings (SSSR count). The number of hydrogen-bond acceptors (Lipinski definition) is 4. The van der Waals surface area contributed by atoms with Gasteiger partial charge in [-0.3, -0.25) is 4.90 Å². The van der Waals surface area contributed by atoms with Gasteiger partial charge in [-0.2, -0.15) is 0 Å². The molecule has 0 radical (unpaired) electrons. The topological polar surface area (TPSA) is 70.2 Å². The van der Waals surface area contributed by atoms with E-state index >= 15 is 0 Å². The van der Waals surface area contributed by atoms with Crippen molar-refractivity contribution in [3.8, 4) is 0 Å². The van der Waals surface area contributed by atoms with Crippen LogP contribution in [0, 0.1) is 5.92 Å². The van der Waals surface area contributed by atoms with Crippen molar-refractivity contribution in [1.29, 1.82) is 0 Å². The van der Waals surface area contributed by atoms with E-state index in [-0.39, 0.29) is 6.03 Å². The molecule has 1 aliphatic rings. The normalized spacial score (nSPS) is 17.4. The van der Waals surface area contributed by atoms with Gasteiger partial charge in [0, 0.05) is 37.9 Å². The Balaban J connectivity index is 1.41. The van der Waals surface area contributed by atoms with Crippen molar-refractivity contribution in [2.24, 2.45) is 5.92 Å². The number of aromatic nitrogens is 2. The van der Waals surface area contributed by atoms with Crippen LogP contribution >= 0.6 is 0 Å². The highest BCUT2D eigenvalue weighted by atomic mass is 16.2. The Labute approximate surface area is 148 Å². The van der Waals surface area contributed by atoms with Gasteiger partial charge in [-0.25, -0.2) is 14.8 Å². The van der Waals surface area contributed by atoms with Crippen molar-refractivity contribution in [2.45, 2.75) is 26.3 Å². The maximum Gasteiger partial charge on any atom is 0.319 e. The van der Waals surface area contributed by atoms with Crippen LogP contribution < -0.4 is 10.6 Å². The van der Waals surface area contributed by atoms with Crippen LogP contribution in [0.15, 0.2) is 42.6 Å². The van der Waals surface area contributed by atoms with Crippen molar-refractivity contribution in [3.05, 3.63) is 54.1 Å². The number of anilines is 1. The molecule has 0 aliphatic carbocycles. The Morgan fingerprint density at radius 3 is 2.92 bits per heavy atom. The molecule has 1 fully saturated rings. The fraction of sp³-hybridized carbons (Fsp3) is 0.421. The highest BCUT2D eigenvalue weighted by molar-refractivity contribution is 5.89. The second kappa shape index (κ2) is 8.58. The van der Waals surface area contributed by atoms with Gasteiger partial charge in [0.15, 0.2) is 0 Å².